The van der Waals surface area contributed by atoms with Crippen molar-refractivity contribution in [1.29, 1.82) is 0 Å². The maximum Gasteiger partial charge on any atom is 0.240 e. The molecule has 1 fully saturated rings. The van der Waals surface area contributed by atoms with Crippen LogP contribution in [0.4, 0.5) is 0 Å². The molecule has 108 valence electrons. The summed E-state index contributed by atoms with van der Waals surface area (Å²) in [4.78, 5) is 36.2. The fourth-order valence-corrected chi connectivity index (χ4v) is 2.94. The lowest BCUT2D eigenvalue weighted by molar-refractivity contribution is -0.142. The SMILES string of the molecule is Cc1ccsc1[C@H](O)CNC(=O)CN1C(=O)CCC1=O. The van der Waals surface area contributed by atoms with Crippen molar-refractivity contribution in [3.8, 4) is 0 Å². The van der Waals surface area contributed by atoms with Gasteiger partial charge in [0.1, 0.15) is 12.6 Å². The molecule has 6 nitrogen and oxygen atoms in total. The second-order valence-electron chi connectivity index (χ2n) is 4.66. The molecule has 2 N–H and O–H groups in total. The monoisotopic (exact) mass is 296 g/mol. The highest BCUT2D eigenvalue weighted by molar-refractivity contribution is 7.10. The van der Waals surface area contributed by atoms with E-state index in [1.165, 1.54) is 11.3 Å². The fraction of sp³-hybridized carbons (Fsp3) is 0.462. The first-order valence-electron chi connectivity index (χ1n) is 6.31. The smallest absolute Gasteiger partial charge is 0.240 e. The lowest BCUT2D eigenvalue weighted by Gasteiger charge is -2.15. The van der Waals surface area contributed by atoms with Crippen LogP contribution in [0.2, 0.25) is 0 Å². The molecule has 1 saturated heterocycles. The van der Waals surface area contributed by atoms with Gasteiger partial charge in [0, 0.05) is 24.3 Å². The minimum Gasteiger partial charge on any atom is -0.386 e. The van der Waals surface area contributed by atoms with E-state index in [4.69, 9.17) is 0 Å². The van der Waals surface area contributed by atoms with Gasteiger partial charge >= 0.3 is 0 Å². The van der Waals surface area contributed by atoms with Crippen molar-refractivity contribution in [3.63, 3.8) is 0 Å². The second-order valence-corrected chi connectivity index (χ2v) is 5.61. The van der Waals surface area contributed by atoms with Gasteiger partial charge in [0.2, 0.25) is 17.7 Å². The number of aliphatic hydroxyl groups excluding tert-OH is 1. The van der Waals surface area contributed by atoms with Gasteiger partial charge < -0.3 is 10.4 Å². The summed E-state index contributed by atoms with van der Waals surface area (Å²) in [5, 5.41) is 14.4. The zero-order chi connectivity index (χ0) is 14.7. The fourth-order valence-electron chi connectivity index (χ4n) is 2.03. The van der Waals surface area contributed by atoms with Crippen LogP contribution in [0.1, 0.15) is 29.4 Å². The van der Waals surface area contributed by atoms with E-state index in [9.17, 15) is 19.5 Å². The van der Waals surface area contributed by atoms with E-state index < -0.39 is 12.0 Å². The number of hydrogen-bond donors (Lipinski definition) is 2. The maximum absolute atomic E-state index is 11.7. The minimum absolute atomic E-state index is 0.0659. The molecule has 1 aromatic rings. The molecule has 7 heteroatoms. The molecule has 0 unspecified atom stereocenters. The normalized spacial score (nSPS) is 16.6. The molecule has 0 aliphatic carbocycles. The van der Waals surface area contributed by atoms with Crippen LogP contribution in [0, 0.1) is 6.92 Å². The van der Waals surface area contributed by atoms with Crippen molar-refractivity contribution in [2.45, 2.75) is 25.9 Å². The zero-order valence-corrected chi connectivity index (χ0v) is 11.9. The standard InChI is InChI=1S/C13H16N2O4S/c1-8-4-5-20-13(8)9(16)6-14-10(17)7-15-11(18)2-3-12(15)19/h4-5,9,16H,2-3,6-7H2,1H3,(H,14,17)/t9-/m1/s1. The third-order valence-corrected chi connectivity index (χ3v) is 4.27. The number of thiophene rings is 1. The zero-order valence-electron chi connectivity index (χ0n) is 11.1. The predicted octanol–water partition coefficient (Wildman–Crippen LogP) is 0.355. The number of imide groups is 1. The molecule has 3 amide bonds. The third kappa shape index (κ3) is 3.23. The van der Waals surface area contributed by atoms with Crippen LogP contribution in [-0.4, -0.2) is 40.8 Å². The summed E-state index contributed by atoms with van der Waals surface area (Å²) < 4.78 is 0. The van der Waals surface area contributed by atoms with Gasteiger partial charge in [0.25, 0.3) is 0 Å². The molecule has 2 rings (SSSR count). The molecular formula is C13H16N2O4S. The van der Waals surface area contributed by atoms with Gasteiger partial charge in [-0.05, 0) is 23.9 Å². The number of aryl methyl sites for hydroxylation is 1. The Labute approximate surface area is 120 Å². The molecule has 1 aliphatic heterocycles. The van der Waals surface area contributed by atoms with E-state index in [2.05, 4.69) is 5.32 Å². The summed E-state index contributed by atoms with van der Waals surface area (Å²) in [6.45, 7) is 1.68. The van der Waals surface area contributed by atoms with Crippen molar-refractivity contribution < 1.29 is 19.5 Å². The largest absolute Gasteiger partial charge is 0.386 e. The molecule has 20 heavy (non-hydrogen) atoms. The third-order valence-electron chi connectivity index (χ3n) is 3.15. The molecule has 0 aromatic carbocycles. The van der Waals surface area contributed by atoms with E-state index in [1.54, 1.807) is 0 Å². The Morgan fingerprint density at radius 2 is 2.10 bits per heavy atom. The Bertz CT molecular complexity index is 524. The van der Waals surface area contributed by atoms with Crippen LogP contribution >= 0.6 is 11.3 Å². The number of amides is 3. The topological polar surface area (TPSA) is 86.7 Å². The van der Waals surface area contributed by atoms with Gasteiger partial charge in [-0.25, -0.2) is 0 Å². The lowest BCUT2D eigenvalue weighted by atomic mass is 10.2. The van der Waals surface area contributed by atoms with E-state index in [0.29, 0.717) is 0 Å². The molecule has 1 aliphatic rings. The molecule has 0 bridgehead atoms. The molecule has 0 spiro atoms. The Morgan fingerprint density at radius 3 is 2.65 bits per heavy atom. The summed E-state index contributed by atoms with van der Waals surface area (Å²) in [5.41, 5.74) is 0.974. The highest BCUT2D eigenvalue weighted by atomic mass is 32.1. The van der Waals surface area contributed by atoms with Gasteiger partial charge in [0.05, 0.1) is 0 Å². The van der Waals surface area contributed by atoms with Gasteiger partial charge in [-0.3, -0.25) is 19.3 Å². The molecular weight excluding hydrogens is 280 g/mol. The van der Waals surface area contributed by atoms with E-state index in [-0.39, 0.29) is 37.7 Å². The Hall–Kier alpha value is -1.73. The summed E-state index contributed by atoms with van der Waals surface area (Å²) >= 11 is 1.42. The number of aliphatic hydroxyl groups is 1. The average Bonchev–Trinajstić information content (AvgIpc) is 2.96. The van der Waals surface area contributed by atoms with Crippen LogP contribution in [0.5, 0.6) is 0 Å². The molecule has 0 radical (unpaired) electrons. The molecule has 1 aromatic heterocycles. The number of nitrogens with one attached hydrogen (secondary N) is 1. The summed E-state index contributed by atoms with van der Waals surface area (Å²) in [7, 11) is 0. The Morgan fingerprint density at radius 1 is 1.45 bits per heavy atom. The average molecular weight is 296 g/mol. The van der Waals surface area contributed by atoms with Crippen molar-refractivity contribution >= 4 is 29.1 Å². The molecule has 1 atom stereocenters. The van der Waals surface area contributed by atoms with Crippen LogP contribution in [-0.2, 0) is 14.4 Å². The van der Waals surface area contributed by atoms with Crippen molar-refractivity contribution in [3.05, 3.63) is 21.9 Å². The van der Waals surface area contributed by atoms with Crippen molar-refractivity contribution in [2.75, 3.05) is 13.1 Å². The van der Waals surface area contributed by atoms with E-state index in [0.717, 1.165) is 15.3 Å². The predicted molar refractivity (Wildman–Crippen MR) is 73.0 cm³/mol. The minimum atomic E-state index is -0.774. The van der Waals surface area contributed by atoms with Crippen molar-refractivity contribution in [1.82, 2.24) is 10.2 Å². The number of carbonyl (C=O) groups is 3. The Balaban J connectivity index is 1.82. The van der Waals surface area contributed by atoms with Crippen molar-refractivity contribution in [2.24, 2.45) is 0 Å². The van der Waals surface area contributed by atoms with Gasteiger partial charge in [-0.2, -0.15) is 0 Å². The number of hydrogen-bond acceptors (Lipinski definition) is 5. The first kappa shape index (κ1) is 14.7. The summed E-state index contributed by atoms with van der Waals surface area (Å²) in [6.07, 6.45) is -0.435. The lowest BCUT2D eigenvalue weighted by Crippen LogP contribution is -2.41. The first-order valence-corrected chi connectivity index (χ1v) is 7.19. The Kier molecular flexibility index (Phi) is 4.51. The highest BCUT2D eigenvalue weighted by Crippen LogP contribution is 2.23. The molecule has 2 heterocycles. The highest BCUT2D eigenvalue weighted by Gasteiger charge is 2.30. The first-order chi connectivity index (χ1) is 9.49. The number of carbonyl (C=O) groups excluding carboxylic acids is 3. The van der Waals surface area contributed by atoms with Gasteiger partial charge in [0.15, 0.2) is 0 Å². The number of nitrogens with zero attached hydrogens (tertiary/aromatic N) is 1. The van der Waals surface area contributed by atoms with E-state index in [1.807, 2.05) is 18.4 Å². The van der Waals surface area contributed by atoms with Gasteiger partial charge in [-0.1, -0.05) is 0 Å². The van der Waals surface area contributed by atoms with Crippen LogP contribution in [0.3, 0.4) is 0 Å². The number of likely N-dealkylation sites (tertiary alicyclic amines) is 1. The molecule has 0 saturated carbocycles. The summed E-state index contributed by atoms with van der Waals surface area (Å²) in [5.74, 6) is -1.08. The second kappa shape index (κ2) is 6.15. The number of rotatable bonds is 5. The van der Waals surface area contributed by atoms with Gasteiger partial charge in [-0.15, -0.1) is 11.3 Å². The quantitative estimate of drug-likeness (QED) is 0.768. The maximum atomic E-state index is 11.7. The van der Waals surface area contributed by atoms with Crippen LogP contribution in [0.25, 0.3) is 0 Å². The van der Waals surface area contributed by atoms with Crippen LogP contribution < -0.4 is 5.32 Å². The van der Waals surface area contributed by atoms with E-state index >= 15 is 0 Å². The van der Waals surface area contributed by atoms with Crippen LogP contribution in [0.15, 0.2) is 11.4 Å². The summed E-state index contributed by atoms with van der Waals surface area (Å²) in [6, 6.07) is 1.90.